The van der Waals surface area contributed by atoms with Crippen LogP contribution in [0, 0.1) is 0 Å². The van der Waals surface area contributed by atoms with Gasteiger partial charge in [-0.15, -0.1) is 5.10 Å². The molecule has 0 amide bonds. The number of anilines is 1. The van der Waals surface area contributed by atoms with Crippen molar-refractivity contribution >= 4 is 11.8 Å². The number of aromatic carboxylic acids is 1. The molecule has 0 aliphatic carbocycles. The summed E-state index contributed by atoms with van der Waals surface area (Å²) in [5, 5.41) is 15.9. The van der Waals surface area contributed by atoms with E-state index in [1.807, 2.05) is 0 Å². The summed E-state index contributed by atoms with van der Waals surface area (Å²) >= 11 is 0. The maximum absolute atomic E-state index is 10.6. The molecule has 0 unspecified atom stereocenters. The third kappa shape index (κ3) is 1.91. The molecule has 0 aromatic carbocycles. The van der Waals surface area contributed by atoms with Crippen LogP contribution < -0.4 is 5.73 Å². The van der Waals surface area contributed by atoms with Crippen molar-refractivity contribution in [3.8, 4) is 0 Å². The summed E-state index contributed by atoms with van der Waals surface area (Å²) < 4.78 is 6.76. The molecular formula is C8H12N4O3. The number of carboxylic acids is 1. The number of nitrogens with two attached hydrogens (primary N) is 1. The minimum atomic E-state index is -1.16. The second-order valence-electron chi connectivity index (χ2n) is 3.45. The Hall–Kier alpha value is -1.63. The van der Waals surface area contributed by atoms with Gasteiger partial charge in [-0.1, -0.05) is 5.21 Å². The maximum Gasteiger partial charge on any atom is 0.360 e. The normalized spacial score (nSPS) is 20.7. The van der Waals surface area contributed by atoms with Crippen molar-refractivity contribution < 1.29 is 14.6 Å². The van der Waals surface area contributed by atoms with Gasteiger partial charge in [0.2, 0.25) is 5.69 Å². The van der Waals surface area contributed by atoms with Gasteiger partial charge in [-0.05, 0) is 12.8 Å². The molecule has 1 aromatic rings. The molecule has 1 aliphatic rings. The van der Waals surface area contributed by atoms with Crippen molar-refractivity contribution in [1.82, 2.24) is 15.0 Å². The third-order valence-electron chi connectivity index (χ3n) is 2.38. The van der Waals surface area contributed by atoms with Crippen LogP contribution in [0.15, 0.2) is 0 Å². The molecule has 1 atom stereocenters. The zero-order valence-electron chi connectivity index (χ0n) is 8.09. The van der Waals surface area contributed by atoms with Gasteiger partial charge in [0, 0.05) is 6.61 Å². The van der Waals surface area contributed by atoms with Crippen molar-refractivity contribution in [2.24, 2.45) is 0 Å². The molecule has 0 radical (unpaired) electrons. The molecule has 0 spiro atoms. The summed E-state index contributed by atoms with van der Waals surface area (Å²) in [7, 11) is 0. The Balaban J connectivity index is 2.11. The second kappa shape index (κ2) is 3.85. The van der Waals surface area contributed by atoms with Crippen LogP contribution in [0.2, 0.25) is 0 Å². The van der Waals surface area contributed by atoms with Crippen molar-refractivity contribution in [3.63, 3.8) is 0 Å². The molecule has 0 saturated carbocycles. The van der Waals surface area contributed by atoms with Crippen molar-refractivity contribution in [3.05, 3.63) is 5.69 Å². The van der Waals surface area contributed by atoms with E-state index in [4.69, 9.17) is 15.6 Å². The molecular weight excluding hydrogens is 200 g/mol. The minimum Gasteiger partial charge on any atom is -0.476 e. The Morgan fingerprint density at radius 1 is 1.73 bits per heavy atom. The highest BCUT2D eigenvalue weighted by Gasteiger charge is 2.21. The topological polar surface area (TPSA) is 103 Å². The fourth-order valence-corrected chi connectivity index (χ4v) is 1.59. The first-order valence-corrected chi connectivity index (χ1v) is 4.72. The van der Waals surface area contributed by atoms with Gasteiger partial charge in [-0.2, -0.15) is 0 Å². The average Bonchev–Trinajstić information content (AvgIpc) is 2.78. The molecule has 2 heterocycles. The van der Waals surface area contributed by atoms with E-state index >= 15 is 0 Å². The molecule has 1 saturated heterocycles. The number of carbonyl (C=O) groups is 1. The Bertz CT molecular complexity index is 370. The summed E-state index contributed by atoms with van der Waals surface area (Å²) in [6, 6.07) is 0. The molecule has 1 aliphatic heterocycles. The van der Waals surface area contributed by atoms with Crippen molar-refractivity contribution in [2.45, 2.75) is 25.5 Å². The summed E-state index contributed by atoms with van der Waals surface area (Å²) in [5.41, 5.74) is 5.38. The van der Waals surface area contributed by atoms with Gasteiger partial charge >= 0.3 is 5.97 Å². The average molecular weight is 212 g/mol. The molecule has 15 heavy (non-hydrogen) atoms. The van der Waals surface area contributed by atoms with Gasteiger partial charge in [0.05, 0.1) is 12.6 Å². The van der Waals surface area contributed by atoms with E-state index in [0.29, 0.717) is 6.54 Å². The summed E-state index contributed by atoms with van der Waals surface area (Å²) in [4.78, 5) is 10.6. The Kier molecular flexibility index (Phi) is 2.55. The smallest absolute Gasteiger partial charge is 0.360 e. The lowest BCUT2D eigenvalue weighted by Gasteiger charge is -2.09. The van der Waals surface area contributed by atoms with Crippen LogP contribution in [0.4, 0.5) is 5.82 Å². The monoisotopic (exact) mass is 212 g/mol. The largest absolute Gasteiger partial charge is 0.476 e. The zero-order chi connectivity index (χ0) is 10.8. The fraction of sp³-hybridized carbons (Fsp3) is 0.625. The molecule has 1 aromatic heterocycles. The highest BCUT2D eigenvalue weighted by molar-refractivity contribution is 5.90. The summed E-state index contributed by atoms with van der Waals surface area (Å²) in [6.45, 7) is 1.21. The quantitative estimate of drug-likeness (QED) is 0.715. The lowest BCUT2D eigenvalue weighted by atomic mass is 10.2. The molecule has 1 fully saturated rings. The predicted molar refractivity (Wildman–Crippen MR) is 50.4 cm³/mol. The Morgan fingerprint density at radius 2 is 2.53 bits per heavy atom. The van der Waals surface area contributed by atoms with E-state index in [0.717, 1.165) is 19.4 Å². The fourth-order valence-electron chi connectivity index (χ4n) is 1.59. The van der Waals surface area contributed by atoms with Gasteiger partial charge < -0.3 is 15.6 Å². The number of ether oxygens (including phenoxy) is 1. The van der Waals surface area contributed by atoms with Crippen LogP contribution >= 0.6 is 0 Å². The molecule has 0 bridgehead atoms. The maximum atomic E-state index is 10.6. The Labute approximate surface area is 85.8 Å². The highest BCUT2D eigenvalue weighted by Crippen LogP contribution is 2.16. The molecule has 2 rings (SSSR count). The van der Waals surface area contributed by atoms with E-state index in [1.165, 1.54) is 4.68 Å². The first-order valence-electron chi connectivity index (χ1n) is 4.72. The Morgan fingerprint density at radius 3 is 3.07 bits per heavy atom. The van der Waals surface area contributed by atoms with E-state index in [2.05, 4.69) is 10.3 Å². The number of rotatable bonds is 3. The number of carboxylic acid groups (broad SMARTS) is 1. The second-order valence-corrected chi connectivity index (χ2v) is 3.45. The van der Waals surface area contributed by atoms with Gasteiger partial charge in [0.25, 0.3) is 0 Å². The molecule has 7 heteroatoms. The van der Waals surface area contributed by atoms with Gasteiger partial charge in [-0.3, -0.25) is 0 Å². The van der Waals surface area contributed by atoms with E-state index in [-0.39, 0.29) is 17.6 Å². The van der Waals surface area contributed by atoms with E-state index in [9.17, 15) is 4.79 Å². The number of hydrogen-bond acceptors (Lipinski definition) is 5. The van der Waals surface area contributed by atoms with Crippen LogP contribution in [-0.4, -0.2) is 38.8 Å². The molecule has 3 N–H and O–H groups in total. The minimum absolute atomic E-state index is 0.0654. The number of hydrogen-bond donors (Lipinski definition) is 2. The summed E-state index contributed by atoms with van der Waals surface area (Å²) in [5.74, 6) is -1.08. The van der Waals surface area contributed by atoms with E-state index in [1.54, 1.807) is 0 Å². The van der Waals surface area contributed by atoms with Crippen LogP contribution in [0.5, 0.6) is 0 Å². The number of nitrogens with zero attached hydrogens (tertiary/aromatic N) is 3. The third-order valence-corrected chi connectivity index (χ3v) is 2.38. The number of nitrogen functional groups attached to an aromatic ring is 1. The van der Waals surface area contributed by atoms with Crippen LogP contribution in [0.3, 0.4) is 0 Å². The first-order chi connectivity index (χ1) is 7.18. The first kappa shape index (κ1) is 9.91. The van der Waals surface area contributed by atoms with Gasteiger partial charge in [0.15, 0.2) is 5.82 Å². The zero-order valence-corrected chi connectivity index (χ0v) is 8.09. The SMILES string of the molecule is Nc1c(C(=O)O)nnn1C[C@H]1CCCO1. The summed E-state index contributed by atoms with van der Waals surface area (Å²) in [6.07, 6.45) is 2.03. The van der Waals surface area contributed by atoms with Crippen LogP contribution in [0.25, 0.3) is 0 Å². The lowest BCUT2D eigenvalue weighted by Crippen LogP contribution is -2.18. The van der Waals surface area contributed by atoms with Gasteiger partial charge in [-0.25, -0.2) is 9.48 Å². The molecule has 82 valence electrons. The van der Waals surface area contributed by atoms with Crippen LogP contribution in [-0.2, 0) is 11.3 Å². The standard InChI is InChI=1S/C8H12N4O3/c9-7-6(8(13)14)10-11-12(7)4-5-2-1-3-15-5/h5H,1-4,9H2,(H,13,14)/t5-/m1/s1. The van der Waals surface area contributed by atoms with E-state index < -0.39 is 5.97 Å². The highest BCUT2D eigenvalue weighted by atomic mass is 16.5. The number of aromatic nitrogens is 3. The van der Waals surface area contributed by atoms with Crippen molar-refractivity contribution in [1.29, 1.82) is 0 Å². The predicted octanol–water partition coefficient (Wildman–Crippen LogP) is -0.263. The van der Waals surface area contributed by atoms with Crippen molar-refractivity contribution in [2.75, 3.05) is 12.3 Å². The van der Waals surface area contributed by atoms with Crippen LogP contribution in [0.1, 0.15) is 23.3 Å². The molecule has 7 nitrogen and oxygen atoms in total. The lowest BCUT2D eigenvalue weighted by molar-refractivity contribution is 0.0691. The van der Waals surface area contributed by atoms with Gasteiger partial charge in [0.1, 0.15) is 0 Å².